The lowest BCUT2D eigenvalue weighted by Crippen LogP contribution is -2.41. The second-order valence-electron chi connectivity index (χ2n) is 8.35. The number of carbonyl (C=O) groups excluding carboxylic acids is 2. The van der Waals surface area contributed by atoms with Gasteiger partial charge < -0.3 is 5.32 Å². The molecule has 2 amide bonds. The molecule has 2 aromatic carbocycles. The third kappa shape index (κ3) is 2.81. The highest BCUT2D eigenvalue weighted by atomic mass is 16.2. The predicted molar refractivity (Wildman–Crippen MR) is 115 cm³/mol. The molecule has 148 valence electrons. The van der Waals surface area contributed by atoms with Gasteiger partial charge in [-0.25, -0.2) is 4.90 Å². The fraction of sp³-hybridized carbons (Fsp3) is 0.360. The molecule has 4 heteroatoms. The number of amides is 2. The maximum atomic E-state index is 13.6. The van der Waals surface area contributed by atoms with E-state index in [4.69, 9.17) is 0 Å². The van der Waals surface area contributed by atoms with E-state index < -0.39 is 0 Å². The molecule has 2 heterocycles. The number of benzene rings is 2. The zero-order valence-electron chi connectivity index (χ0n) is 16.7. The summed E-state index contributed by atoms with van der Waals surface area (Å²) in [5.41, 5.74) is 4.12. The third-order valence-electron chi connectivity index (χ3n) is 6.65. The minimum absolute atomic E-state index is 0.0410. The van der Waals surface area contributed by atoms with E-state index in [-0.39, 0.29) is 35.6 Å². The maximum Gasteiger partial charge on any atom is 0.240 e. The van der Waals surface area contributed by atoms with Crippen LogP contribution in [0.1, 0.15) is 38.2 Å². The Morgan fingerprint density at radius 1 is 0.897 bits per heavy atom. The number of rotatable bonds is 5. The Labute approximate surface area is 171 Å². The van der Waals surface area contributed by atoms with Crippen LogP contribution in [0.2, 0.25) is 0 Å². The minimum Gasteiger partial charge on any atom is -0.377 e. The molecule has 29 heavy (non-hydrogen) atoms. The molecule has 4 atom stereocenters. The Hall–Kier alpha value is -2.88. The van der Waals surface area contributed by atoms with Crippen LogP contribution < -0.4 is 10.2 Å². The normalized spacial score (nSPS) is 27.2. The number of anilines is 2. The molecule has 0 radical (unpaired) electrons. The summed E-state index contributed by atoms with van der Waals surface area (Å²) in [5, 5.41) is 3.55. The van der Waals surface area contributed by atoms with Crippen LogP contribution in [0.15, 0.2) is 60.7 Å². The molecule has 1 saturated heterocycles. The highest BCUT2D eigenvalue weighted by Crippen LogP contribution is 2.51. The van der Waals surface area contributed by atoms with Crippen molar-refractivity contribution in [3.8, 4) is 0 Å². The number of nitrogens with one attached hydrogen (secondary N) is 1. The van der Waals surface area contributed by atoms with Crippen molar-refractivity contribution in [2.24, 2.45) is 17.8 Å². The lowest BCUT2D eigenvalue weighted by Gasteiger charge is -2.33. The summed E-state index contributed by atoms with van der Waals surface area (Å²) in [7, 11) is 0. The summed E-state index contributed by atoms with van der Waals surface area (Å²) in [6.07, 6.45) is 6.63. The first-order valence-corrected chi connectivity index (χ1v) is 10.7. The van der Waals surface area contributed by atoms with Crippen molar-refractivity contribution < 1.29 is 9.59 Å². The van der Waals surface area contributed by atoms with E-state index in [9.17, 15) is 9.59 Å². The van der Waals surface area contributed by atoms with Crippen molar-refractivity contribution in [3.63, 3.8) is 0 Å². The second kappa shape index (κ2) is 7.18. The molecule has 3 aliphatic rings. The first-order chi connectivity index (χ1) is 14.2. The van der Waals surface area contributed by atoms with Gasteiger partial charge in [0.25, 0.3) is 0 Å². The maximum absolute atomic E-state index is 13.6. The van der Waals surface area contributed by atoms with Gasteiger partial charge in [-0.1, -0.05) is 68.7 Å². The average Bonchev–Trinajstić information content (AvgIpc) is 3.24. The van der Waals surface area contributed by atoms with Gasteiger partial charge in [-0.15, -0.1) is 0 Å². The van der Waals surface area contributed by atoms with Crippen LogP contribution in [-0.2, 0) is 9.59 Å². The van der Waals surface area contributed by atoms with Crippen LogP contribution in [0.3, 0.4) is 0 Å². The number of imide groups is 1. The average molecular weight is 386 g/mol. The van der Waals surface area contributed by atoms with Gasteiger partial charge in [0, 0.05) is 11.3 Å². The molecule has 1 fully saturated rings. The highest BCUT2D eigenvalue weighted by Gasteiger charge is 2.57. The molecule has 0 spiro atoms. The molecule has 0 aromatic heterocycles. The van der Waals surface area contributed by atoms with Gasteiger partial charge in [0.05, 0.1) is 23.6 Å². The van der Waals surface area contributed by atoms with Gasteiger partial charge in [0.15, 0.2) is 0 Å². The minimum atomic E-state index is -0.346. The zero-order chi connectivity index (χ0) is 20.0. The van der Waals surface area contributed by atoms with E-state index in [2.05, 4.69) is 30.4 Å². The van der Waals surface area contributed by atoms with Crippen molar-refractivity contribution in [3.05, 3.63) is 66.2 Å². The zero-order valence-corrected chi connectivity index (χ0v) is 16.7. The summed E-state index contributed by atoms with van der Waals surface area (Å²) in [5.74, 6) is -0.629. The lowest BCUT2D eigenvalue weighted by molar-refractivity contribution is -0.122. The van der Waals surface area contributed by atoms with E-state index in [1.165, 1.54) is 16.0 Å². The molecule has 4 nitrogen and oxygen atoms in total. The van der Waals surface area contributed by atoms with Gasteiger partial charge in [-0.2, -0.15) is 0 Å². The fourth-order valence-electron chi connectivity index (χ4n) is 5.32. The van der Waals surface area contributed by atoms with Crippen LogP contribution in [0.5, 0.6) is 0 Å². The third-order valence-corrected chi connectivity index (χ3v) is 6.65. The summed E-state index contributed by atoms with van der Waals surface area (Å²) in [6, 6.07) is 17.5. The quantitative estimate of drug-likeness (QED) is 0.588. The number of nitrogens with zero attached hydrogens (tertiary/aromatic N) is 1. The SMILES string of the molecule is CCCCC[C@@H]1C=C2c3ccccc3NC2[C@@H]2C(=O)N(c3ccccc3)C(=O)[C@H]12. The van der Waals surface area contributed by atoms with E-state index in [1.807, 2.05) is 42.5 Å². The molecular weight excluding hydrogens is 360 g/mol. The Morgan fingerprint density at radius 2 is 1.62 bits per heavy atom. The Bertz CT molecular complexity index is 981. The molecule has 1 unspecified atom stereocenters. The molecule has 2 aliphatic heterocycles. The molecule has 5 rings (SSSR count). The number of hydrogen-bond acceptors (Lipinski definition) is 3. The Kier molecular flexibility index (Phi) is 4.50. The molecular formula is C25H26N2O2. The Balaban J connectivity index is 1.56. The van der Waals surface area contributed by atoms with Gasteiger partial charge in [-0.05, 0) is 36.1 Å². The van der Waals surface area contributed by atoms with Crippen LogP contribution in [-0.4, -0.2) is 17.9 Å². The van der Waals surface area contributed by atoms with Crippen LogP contribution in [0.4, 0.5) is 11.4 Å². The summed E-state index contributed by atoms with van der Waals surface area (Å²) >= 11 is 0. The highest BCUT2D eigenvalue weighted by molar-refractivity contribution is 6.23. The predicted octanol–water partition coefficient (Wildman–Crippen LogP) is 4.88. The number of carbonyl (C=O) groups is 2. The first-order valence-electron chi connectivity index (χ1n) is 10.7. The van der Waals surface area contributed by atoms with Gasteiger partial charge in [0.2, 0.25) is 11.8 Å². The Morgan fingerprint density at radius 3 is 2.41 bits per heavy atom. The summed E-state index contributed by atoms with van der Waals surface area (Å²) < 4.78 is 0. The van der Waals surface area contributed by atoms with Crippen LogP contribution in [0.25, 0.3) is 5.57 Å². The number of allylic oxidation sites excluding steroid dienone is 1. The monoisotopic (exact) mass is 386 g/mol. The van der Waals surface area contributed by atoms with E-state index >= 15 is 0 Å². The van der Waals surface area contributed by atoms with Gasteiger partial charge >= 0.3 is 0 Å². The van der Waals surface area contributed by atoms with Crippen molar-refractivity contribution in [1.82, 2.24) is 0 Å². The van der Waals surface area contributed by atoms with Gasteiger partial charge in [0.1, 0.15) is 0 Å². The summed E-state index contributed by atoms with van der Waals surface area (Å²) in [4.78, 5) is 28.5. The van der Waals surface area contributed by atoms with Crippen molar-refractivity contribution in [2.45, 2.75) is 38.6 Å². The largest absolute Gasteiger partial charge is 0.377 e. The fourth-order valence-corrected chi connectivity index (χ4v) is 5.32. The van der Waals surface area contributed by atoms with Crippen LogP contribution >= 0.6 is 0 Å². The smallest absolute Gasteiger partial charge is 0.240 e. The van der Waals surface area contributed by atoms with E-state index in [0.29, 0.717) is 5.69 Å². The van der Waals surface area contributed by atoms with Crippen molar-refractivity contribution in [2.75, 3.05) is 10.2 Å². The molecule has 0 bridgehead atoms. The second-order valence-corrected chi connectivity index (χ2v) is 8.35. The molecule has 1 aliphatic carbocycles. The number of fused-ring (bicyclic) bond motifs is 5. The first kappa shape index (κ1) is 18.2. The molecule has 2 aromatic rings. The number of unbranched alkanes of at least 4 members (excludes halogenated alkanes) is 2. The van der Waals surface area contributed by atoms with Gasteiger partial charge in [-0.3, -0.25) is 9.59 Å². The van der Waals surface area contributed by atoms with Crippen LogP contribution in [0, 0.1) is 17.8 Å². The summed E-state index contributed by atoms with van der Waals surface area (Å²) in [6.45, 7) is 2.19. The topological polar surface area (TPSA) is 49.4 Å². The van der Waals surface area contributed by atoms with Crippen molar-refractivity contribution >= 4 is 28.8 Å². The molecule has 1 N–H and O–H groups in total. The lowest BCUT2D eigenvalue weighted by atomic mass is 9.70. The standard InChI is InChI=1S/C25H26N2O2/c1-2-3-5-10-16-15-19-18-13-8-9-14-20(18)26-23(19)22-21(16)24(28)27(25(22)29)17-11-6-4-7-12-17/h4,6-9,11-16,21-23,26H,2-3,5,10H2,1H3/t16-,21-,22-,23?/m1/s1. The van der Waals surface area contributed by atoms with E-state index in [0.717, 1.165) is 31.4 Å². The number of para-hydroxylation sites is 2. The number of hydrogen-bond donors (Lipinski definition) is 1. The molecule has 0 saturated carbocycles. The van der Waals surface area contributed by atoms with E-state index in [1.54, 1.807) is 0 Å². The van der Waals surface area contributed by atoms with Crippen molar-refractivity contribution in [1.29, 1.82) is 0 Å².